The van der Waals surface area contributed by atoms with Crippen molar-refractivity contribution >= 4 is 15.8 Å². The highest BCUT2D eigenvalue weighted by molar-refractivity contribution is 7.90. The van der Waals surface area contributed by atoms with Crippen molar-refractivity contribution in [3.05, 3.63) is 71.5 Å². The van der Waals surface area contributed by atoms with Crippen LogP contribution in [0.4, 0.5) is 4.39 Å². The van der Waals surface area contributed by atoms with E-state index in [1.807, 2.05) is 36.4 Å². The van der Waals surface area contributed by atoms with Gasteiger partial charge < -0.3 is 0 Å². The van der Waals surface area contributed by atoms with Crippen molar-refractivity contribution in [3.63, 3.8) is 0 Å². The van der Waals surface area contributed by atoms with Gasteiger partial charge in [0.15, 0.2) is 5.78 Å². The Labute approximate surface area is 214 Å². The second kappa shape index (κ2) is 10.7. The van der Waals surface area contributed by atoms with Gasteiger partial charge in [-0.3, -0.25) is 14.6 Å². The van der Waals surface area contributed by atoms with Gasteiger partial charge in [-0.05, 0) is 56.2 Å². The molecule has 1 saturated carbocycles. The topological polar surface area (TPSA) is 60.9 Å². The molecule has 6 nitrogen and oxygen atoms in total. The largest absolute Gasteiger partial charge is 0.293 e. The predicted octanol–water partition coefficient (Wildman–Crippen LogP) is 3.96. The third-order valence-corrected chi connectivity index (χ3v) is 10.4. The first-order valence-electron chi connectivity index (χ1n) is 13.1. The van der Waals surface area contributed by atoms with Crippen LogP contribution in [0.2, 0.25) is 0 Å². The van der Waals surface area contributed by atoms with Crippen LogP contribution in [-0.4, -0.2) is 78.9 Å². The van der Waals surface area contributed by atoms with Gasteiger partial charge in [0, 0.05) is 50.4 Å². The maximum absolute atomic E-state index is 14.3. The number of benzene rings is 2. The van der Waals surface area contributed by atoms with Crippen LogP contribution in [0, 0.1) is 11.7 Å². The number of piperazine rings is 1. The molecule has 2 atom stereocenters. The third-order valence-electron chi connectivity index (χ3n) is 8.02. The highest BCUT2D eigenvalue weighted by atomic mass is 32.2. The number of piperidine rings is 1. The number of halogens is 1. The molecule has 2 aromatic carbocycles. The van der Waals surface area contributed by atoms with E-state index in [4.69, 9.17) is 0 Å². The maximum Gasteiger partial charge on any atom is 0.216 e. The lowest BCUT2D eigenvalue weighted by Crippen LogP contribution is -2.55. The molecular formula is C28H36FN3O3S. The Morgan fingerprint density at radius 3 is 2.33 bits per heavy atom. The SMILES string of the molecule is C[C@H]1CN(CC(=O)c2ccccc2)CCN1C(c1cccc(F)c1)C1CCN(S(=O)(=O)C2CC2)CC1. The number of ketones is 1. The summed E-state index contributed by atoms with van der Waals surface area (Å²) in [6, 6.07) is 16.5. The van der Waals surface area contributed by atoms with Crippen molar-refractivity contribution in [2.45, 2.75) is 49.9 Å². The molecule has 5 rings (SSSR count). The van der Waals surface area contributed by atoms with Crippen LogP contribution >= 0.6 is 0 Å². The summed E-state index contributed by atoms with van der Waals surface area (Å²) >= 11 is 0. The molecule has 0 N–H and O–H groups in total. The van der Waals surface area contributed by atoms with Crippen LogP contribution in [0.25, 0.3) is 0 Å². The quantitative estimate of drug-likeness (QED) is 0.500. The van der Waals surface area contributed by atoms with Crippen molar-refractivity contribution in [2.24, 2.45) is 5.92 Å². The Kier molecular flexibility index (Phi) is 7.58. The first-order chi connectivity index (χ1) is 17.3. The van der Waals surface area contributed by atoms with E-state index in [9.17, 15) is 17.6 Å². The highest BCUT2D eigenvalue weighted by Gasteiger charge is 2.43. The molecule has 36 heavy (non-hydrogen) atoms. The van der Waals surface area contributed by atoms with Gasteiger partial charge in [-0.25, -0.2) is 17.1 Å². The highest BCUT2D eigenvalue weighted by Crippen LogP contribution is 2.40. The van der Waals surface area contributed by atoms with Gasteiger partial charge in [-0.15, -0.1) is 0 Å². The molecule has 0 aromatic heterocycles. The molecule has 3 fully saturated rings. The second-order valence-electron chi connectivity index (χ2n) is 10.6. The van der Waals surface area contributed by atoms with Crippen molar-refractivity contribution in [1.82, 2.24) is 14.1 Å². The minimum atomic E-state index is -3.17. The summed E-state index contributed by atoms with van der Waals surface area (Å²) in [5.41, 5.74) is 1.69. The van der Waals surface area contributed by atoms with Crippen LogP contribution < -0.4 is 0 Å². The zero-order valence-corrected chi connectivity index (χ0v) is 21.7. The summed E-state index contributed by atoms with van der Waals surface area (Å²) in [4.78, 5) is 17.4. The minimum absolute atomic E-state index is 0.0217. The van der Waals surface area contributed by atoms with Crippen LogP contribution in [0.15, 0.2) is 54.6 Å². The molecule has 2 saturated heterocycles. The van der Waals surface area contributed by atoms with Gasteiger partial charge >= 0.3 is 0 Å². The van der Waals surface area contributed by atoms with E-state index in [1.54, 1.807) is 16.4 Å². The van der Waals surface area contributed by atoms with Gasteiger partial charge in [0.2, 0.25) is 10.0 Å². The monoisotopic (exact) mass is 513 g/mol. The zero-order chi connectivity index (χ0) is 25.3. The number of rotatable bonds is 8. The number of Topliss-reactive ketones (excluding diaryl/α,β-unsaturated/α-hetero) is 1. The average molecular weight is 514 g/mol. The van der Waals surface area contributed by atoms with Crippen LogP contribution in [0.3, 0.4) is 0 Å². The molecule has 194 valence electrons. The van der Waals surface area contributed by atoms with Crippen molar-refractivity contribution in [3.8, 4) is 0 Å². The maximum atomic E-state index is 14.3. The minimum Gasteiger partial charge on any atom is -0.293 e. The lowest BCUT2D eigenvalue weighted by molar-refractivity contribution is 0.0157. The van der Waals surface area contributed by atoms with Gasteiger partial charge in [0.25, 0.3) is 0 Å². The van der Waals surface area contributed by atoms with E-state index in [0.717, 1.165) is 56.4 Å². The fraction of sp³-hybridized carbons (Fsp3) is 0.536. The Hall–Kier alpha value is -2.13. The summed E-state index contributed by atoms with van der Waals surface area (Å²) in [5, 5.41) is -0.181. The summed E-state index contributed by atoms with van der Waals surface area (Å²) in [7, 11) is -3.17. The van der Waals surface area contributed by atoms with Crippen molar-refractivity contribution in [2.75, 3.05) is 39.3 Å². The lowest BCUT2D eigenvalue weighted by atomic mass is 9.83. The number of nitrogens with zero attached hydrogens (tertiary/aromatic N) is 3. The molecular weight excluding hydrogens is 477 g/mol. The number of carbonyl (C=O) groups excluding carboxylic acids is 1. The van der Waals surface area contributed by atoms with Crippen molar-refractivity contribution in [1.29, 1.82) is 0 Å². The van der Waals surface area contributed by atoms with Crippen molar-refractivity contribution < 1.29 is 17.6 Å². The Morgan fingerprint density at radius 2 is 1.69 bits per heavy atom. The normalized spacial score (nSPS) is 24.0. The molecule has 0 bridgehead atoms. The fourth-order valence-electron chi connectivity index (χ4n) is 5.97. The zero-order valence-electron chi connectivity index (χ0n) is 20.9. The first kappa shape index (κ1) is 25.5. The molecule has 2 aliphatic heterocycles. The second-order valence-corrected chi connectivity index (χ2v) is 12.8. The fourth-order valence-corrected chi connectivity index (χ4v) is 7.84. The van der Waals surface area contributed by atoms with E-state index in [0.29, 0.717) is 19.6 Å². The molecule has 2 aromatic rings. The van der Waals surface area contributed by atoms with Gasteiger partial charge in [0.05, 0.1) is 11.8 Å². The summed E-state index contributed by atoms with van der Waals surface area (Å²) in [6.45, 7) is 5.96. The Morgan fingerprint density at radius 1 is 0.972 bits per heavy atom. The smallest absolute Gasteiger partial charge is 0.216 e. The molecule has 1 aliphatic carbocycles. The number of hydrogen-bond donors (Lipinski definition) is 0. The summed E-state index contributed by atoms with van der Waals surface area (Å²) < 4.78 is 41.5. The van der Waals surface area contributed by atoms with E-state index in [-0.39, 0.29) is 34.9 Å². The molecule has 0 radical (unpaired) electrons. The van der Waals surface area contributed by atoms with Gasteiger partial charge in [0.1, 0.15) is 5.82 Å². The summed E-state index contributed by atoms with van der Waals surface area (Å²) in [6.07, 6.45) is 3.10. The molecule has 2 heterocycles. The molecule has 1 unspecified atom stereocenters. The Balaban J connectivity index is 1.29. The first-order valence-corrected chi connectivity index (χ1v) is 14.6. The van der Waals surface area contributed by atoms with E-state index in [2.05, 4.69) is 16.7 Å². The molecule has 3 aliphatic rings. The lowest BCUT2D eigenvalue weighted by Gasteiger charge is -2.48. The molecule has 0 spiro atoms. The molecule has 0 amide bonds. The predicted molar refractivity (Wildman–Crippen MR) is 139 cm³/mol. The van der Waals surface area contributed by atoms with Crippen LogP contribution in [0.5, 0.6) is 0 Å². The van der Waals surface area contributed by atoms with E-state index >= 15 is 0 Å². The number of carbonyl (C=O) groups is 1. The molecule has 8 heteroatoms. The average Bonchev–Trinajstić information content (AvgIpc) is 3.73. The Bertz CT molecular complexity index is 1160. The van der Waals surface area contributed by atoms with Gasteiger partial charge in [-0.2, -0.15) is 0 Å². The standard InChI is InChI=1S/C28H36FN3O3S/c1-21-19-30(20-27(33)22-6-3-2-4-7-22)16-17-32(21)28(24-8-5-9-25(29)18-24)23-12-14-31(15-13-23)36(34,35)26-10-11-26/h2-9,18,21,23,26,28H,10-17,19-20H2,1H3/t21-,28?/m0/s1. The van der Waals surface area contributed by atoms with Crippen LogP contribution in [-0.2, 0) is 10.0 Å². The van der Waals surface area contributed by atoms with E-state index in [1.165, 1.54) is 6.07 Å². The number of sulfonamides is 1. The number of hydrogen-bond acceptors (Lipinski definition) is 5. The third kappa shape index (κ3) is 5.57. The van der Waals surface area contributed by atoms with Gasteiger partial charge in [-0.1, -0.05) is 42.5 Å². The summed E-state index contributed by atoms with van der Waals surface area (Å²) in [5.74, 6) is 0.130. The van der Waals surface area contributed by atoms with E-state index < -0.39 is 10.0 Å². The van der Waals surface area contributed by atoms with Crippen LogP contribution in [0.1, 0.15) is 54.6 Å².